The summed E-state index contributed by atoms with van der Waals surface area (Å²) in [4.78, 5) is 4.79. The zero-order chi connectivity index (χ0) is 13.5. The summed E-state index contributed by atoms with van der Waals surface area (Å²) in [5.74, 6) is 0. The minimum atomic E-state index is 1.000. The van der Waals surface area contributed by atoms with Crippen LogP contribution in [0.1, 0.15) is 42.5 Å². The van der Waals surface area contributed by atoms with Crippen LogP contribution in [0, 0.1) is 0 Å². The zero-order valence-electron chi connectivity index (χ0n) is 11.7. The molecule has 0 unspecified atom stereocenters. The largest absolute Gasteiger partial charge is 0.322 e. The van der Waals surface area contributed by atoms with Crippen LogP contribution < -0.4 is 0 Å². The van der Waals surface area contributed by atoms with E-state index in [1.54, 1.807) is 11.1 Å². The lowest BCUT2D eigenvalue weighted by Crippen LogP contribution is -2.10. The number of benzene rings is 1. The fourth-order valence-corrected chi connectivity index (χ4v) is 4.18. The summed E-state index contributed by atoms with van der Waals surface area (Å²) >= 11 is 3.63. The van der Waals surface area contributed by atoms with Crippen molar-refractivity contribution in [3.63, 3.8) is 0 Å². The van der Waals surface area contributed by atoms with Crippen molar-refractivity contribution in [3.05, 3.63) is 39.8 Å². The van der Waals surface area contributed by atoms with Crippen molar-refractivity contribution in [2.75, 3.05) is 0 Å². The van der Waals surface area contributed by atoms with Crippen molar-refractivity contribution in [1.82, 2.24) is 9.55 Å². The highest BCUT2D eigenvalue weighted by Crippen LogP contribution is 2.33. The second-order valence-electron chi connectivity index (χ2n) is 5.98. The van der Waals surface area contributed by atoms with Gasteiger partial charge in [0.2, 0.25) is 0 Å². The third-order valence-electron chi connectivity index (χ3n) is 4.69. The molecule has 1 aromatic heterocycles. The second kappa shape index (κ2) is 5.03. The van der Waals surface area contributed by atoms with Gasteiger partial charge in [0.1, 0.15) is 0 Å². The SMILES string of the molecule is Brc1nc(-c2ccc3c(c2)CCCC3)c2n1CCCC2. The summed E-state index contributed by atoms with van der Waals surface area (Å²) in [6, 6.07) is 6.99. The van der Waals surface area contributed by atoms with E-state index in [9.17, 15) is 0 Å². The first kappa shape index (κ1) is 12.6. The molecule has 0 spiro atoms. The van der Waals surface area contributed by atoms with Gasteiger partial charge in [-0.1, -0.05) is 12.1 Å². The molecule has 0 bridgehead atoms. The summed E-state index contributed by atoms with van der Waals surface area (Å²) in [5.41, 5.74) is 7.01. The van der Waals surface area contributed by atoms with Crippen molar-refractivity contribution >= 4 is 15.9 Å². The minimum Gasteiger partial charge on any atom is -0.322 e. The molecular formula is C17H19BrN2. The molecule has 0 fully saturated rings. The summed E-state index contributed by atoms with van der Waals surface area (Å²) in [5, 5.41) is 0. The summed E-state index contributed by atoms with van der Waals surface area (Å²) < 4.78 is 3.35. The Morgan fingerprint density at radius 3 is 2.65 bits per heavy atom. The smallest absolute Gasteiger partial charge is 0.177 e. The number of nitrogens with zero attached hydrogens (tertiary/aromatic N) is 2. The van der Waals surface area contributed by atoms with Crippen LogP contribution in [0.15, 0.2) is 22.9 Å². The topological polar surface area (TPSA) is 17.8 Å². The molecule has 104 valence electrons. The van der Waals surface area contributed by atoms with Crippen LogP contribution in [0.25, 0.3) is 11.3 Å². The Kier molecular flexibility index (Phi) is 3.18. The van der Waals surface area contributed by atoms with Gasteiger partial charge in [0.05, 0.1) is 5.69 Å². The lowest BCUT2D eigenvalue weighted by Gasteiger charge is -2.18. The van der Waals surface area contributed by atoms with E-state index in [-0.39, 0.29) is 0 Å². The van der Waals surface area contributed by atoms with Crippen LogP contribution in [-0.2, 0) is 25.8 Å². The van der Waals surface area contributed by atoms with Crippen molar-refractivity contribution in [3.8, 4) is 11.3 Å². The molecule has 4 rings (SSSR count). The summed E-state index contributed by atoms with van der Waals surface area (Å²) in [7, 11) is 0. The Hall–Kier alpha value is -1.09. The van der Waals surface area contributed by atoms with Gasteiger partial charge in [0, 0.05) is 17.8 Å². The van der Waals surface area contributed by atoms with Gasteiger partial charge in [-0.05, 0) is 78.1 Å². The van der Waals surface area contributed by atoms with Gasteiger partial charge in [0.25, 0.3) is 0 Å². The van der Waals surface area contributed by atoms with E-state index in [0.717, 1.165) is 17.7 Å². The van der Waals surface area contributed by atoms with Crippen molar-refractivity contribution in [2.45, 2.75) is 51.5 Å². The number of aromatic nitrogens is 2. The molecule has 2 aliphatic rings. The average Bonchev–Trinajstić information content (AvgIpc) is 2.85. The molecule has 20 heavy (non-hydrogen) atoms. The third-order valence-corrected chi connectivity index (χ3v) is 5.30. The summed E-state index contributed by atoms with van der Waals surface area (Å²) in [6.07, 6.45) is 8.88. The Labute approximate surface area is 128 Å². The van der Waals surface area contributed by atoms with Crippen LogP contribution in [-0.4, -0.2) is 9.55 Å². The molecular weight excluding hydrogens is 312 g/mol. The van der Waals surface area contributed by atoms with Crippen LogP contribution in [0.4, 0.5) is 0 Å². The normalized spacial score (nSPS) is 17.6. The molecule has 0 N–H and O–H groups in total. The van der Waals surface area contributed by atoms with E-state index in [1.807, 2.05) is 0 Å². The number of halogens is 1. The Morgan fingerprint density at radius 1 is 0.950 bits per heavy atom. The third kappa shape index (κ3) is 2.03. The number of hydrogen-bond acceptors (Lipinski definition) is 1. The molecule has 2 nitrogen and oxygen atoms in total. The second-order valence-corrected chi connectivity index (χ2v) is 6.68. The standard InChI is InChI=1S/C17H19BrN2/c18-17-19-16(15-7-3-4-10-20(15)17)14-9-8-12-5-1-2-6-13(12)11-14/h8-9,11H,1-7,10H2. The molecule has 1 aliphatic heterocycles. The molecule has 3 heteroatoms. The van der Waals surface area contributed by atoms with Crippen molar-refractivity contribution in [2.24, 2.45) is 0 Å². The fourth-order valence-electron chi connectivity index (χ4n) is 3.61. The predicted molar refractivity (Wildman–Crippen MR) is 84.9 cm³/mol. The van der Waals surface area contributed by atoms with Gasteiger partial charge >= 0.3 is 0 Å². The van der Waals surface area contributed by atoms with Crippen LogP contribution >= 0.6 is 15.9 Å². The van der Waals surface area contributed by atoms with Gasteiger partial charge < -0.3 is 4.57 Å². The molecule has 1 aliphatic carbocycles. The van der Waals surface area contributed by atoms with Gasteiger partial charge in [0.15, 0.2) is 4.73 Å². The Balaban J connectivity index is 1.81. The highest BCUT2D eigenvalue weighted by molar-refractivity contribution is 9.10. The predicted octanol–water partition coefficient (Wildman–Crippen LogP) is 4.53. The maximum atomic E-state index is 4.79. The molecule has 0 radical (unpaired) electrons. The average molecular weight is 331 g/mol. The molecule has 0 saturated carbocycles. The van der Waals surface area contributed by atoms with Crippen molar-refractivity contribution < 1.29 is 0 Å². The fraction of sp³-hybridized carbons (Fsp3) is 0.471. The van der Waals surface area contributed by atoms with Crippen LogP contribution in [0.2, 0.25) is 0 Å². The minimum absolute atomic E-state index is 1.000. The van der Waals surface area contributed by atoms with Crippen molar-refractivity contribution in [1.29, 1.82) is 0 Å². The first-order chi connectivity index (χ1) is 9.83. The van der Waals surface area contributed by atoms with E-state index in [4.69, 9.17) is 4.98 Å². The number of aryl methyl sites for hydroxylation is 2. The maximum absolute atomic E-state index is 4.79. The maximum Gasteiger partial charge on any atom is 0.177 e. The monoisotopic (exact) mass is 330 g/mol. The first-order valence-corrected chi connectivity index (χ1v) is 8.49. The van der Waals surface area contributed by atoms with E-state index in [2.05, 4.69) is 38.7 Å². The van der Waals surface area contributed by atoms with Gasteiger partial charge in [-0.15, -0.1) is 0 Å². The van der Waals surface area contributed by atoms with Gasteiger partial charge in [-0.25, -0.2) is 4.98 Å². The molecule has 2 heterocycles. The number of hydrogen-bond donors (Lipinski definition) is 0. The first-order valence-electron chi connectivity index (χ1n) is 7.70. The van der Waals surface area contributed by atoms with E-state index in [1.165, 1.54) is 55.5 Å². The van der Waals surface area contributed by atoms with E-state index in [0.29, 0.717) is 0 Å². The number of rotatable bonds is 1. The Morgan fingerprint density at radius 2 is 1.75 bits per heavy atom. The van der Waals surface area contributed by atoms with Gasteiger partial charge in [-0.3, -0.25) is 0 Å². The lowest BCUT2D eigenvalue weighted by molar-refractivity contribution is 0.525. The van der Waals surface area contributed by atoms with Crippen LogP contribution in [0.5, 0.6) is 0 Å². The molecule has 0 atom stereocenters. The molecule has 0 saturated heterocycles. The van der Waals surface area contributed by atoms with Gasteiger partial charge in [-0.2, -0.15) is 0 Å². The van der Waals surface area contributed by atoms with E-state index >= 15 is 0 Å². The summed E-state index contributed by atoms with van der Waals surface area (Å²) in [6.45, 7) is 1.11. The number of imidazole rings is 1. The van der Waals surface area contributed by atoms with E-state index < -0.39 is 0 Å². The Bertz CT molecular complexity index is 657. The zero-order valence-corrected chi connectivity index (χ0v) is 13.2. The highest BCUT2D eigenvalue weighted by atomic mass is 79.9. The number of fused-ring (bicyclic) bond motifs is 2. The molecule has 2 aromatic rings. The highest BCUT2D eigenvalue weighted by Gasteiger charge is 2.20. The quantitative estimate of drug-likeness (QED) is 0.751. The molecule has 0 amide bonds. The van der Waals surface area contributed by atoms with Crippen LogP contribution in [0.3, 0.4) is 0 Å². The molecule has 1 aromatic carbocycles. The lowest BCUT2D eigenvalue weighted by atomic mass is 9.89.